The molecular weight excluding hydrogens is 262 g/mol. The third kappa shape index (κ3) is 2.83. The molecule has 2 aromatic rings. The molecule has 0 unspecified atom stereocenters. The number of rotatable bonds is 4. The van der Waals surface area contributed by atoms with Gasteiger partial charge < -0.3 is 16.2 Å². The predicted octanol–water partition coefficient (Wildman–Crippen LogP) is 2.62. The van der Waals surface area contributed by atoms with Gasteiger partial charge in [-0.2, -0.15) is 0 Å². The predicted molar refractivity (Wildman–Crippen MR) is 74.2 cm³/mol. The first-order chi connectivity index (χ1) is 9.47. The Morgan fingerprint density at radius 3 is 2.60 bits per heavy atom. The number of carboxylic acid groups (broad SMARTS) is 1. The van der Waals surface area contributed by atoms with Gasteiger partial charge in [0.2, 0.25) is 0 Å². The smallest absolute Gasteiger partial charge is 0.337 e. The van der Waals surface area contributed by atoms with Crippen LogP contribution in [0.15, 0.2) is 42.5 Å². The van der Waals surface area contributed by atoms with Crippen LogP contribution in [-0.2, 0) is 0 Å². The summed E-state index contributed by atoms with van der Waals surface area (Å²) in [5.41, 5.74) is 6.56. The molecular formula is C13H11N3O4. The van der Waals surface area contributed by atoms with E-state index in [1.807, 2.05) is 0 Å². The number of non-ortho nitro benzene ring substituents is 1. The monoisotopic (exact) mass is 273 g/mol. The van der Waals surface area contributed by atoms with Gasteiger partial charge in [0, 0.05) is 23.5 Å². The molecule has 0 fully saturated rings. The number of nitrogens with two attached hydrogens (primary N) is 1. The number of hydrogen-bond donors (Lipinski definition) is 3. The highest BCUT2D eigenvalue weighted by molar-refractivity contribution is 5.95. The normalized spacial score (nSPS) is 10.0. The molecule has 0 heterocycles. The van der Waals surface area contributed by atoms with Gasteiger partial charge >= 0.3 is 5.97 Å². The second-order valence-corrected chi connectivity index (χ2v) is 4.04. The number of anilines is 3. The van der Waals surface area contributed by atoms with E-state index in [0.717, 1.165) is 6.07 Å². The van der Waals surface area contributed by atoms with E-state index in [4.69, 9.17) is 10.8 Å². The van der Waals surface area contributed by atoms with Crippen LogP contribution in [0.4, 0.5) is 22.7 Å². The standard InChI is InChI=1S/C13H11N3O4/c14-8-2-1-3-9(6-8)15-12-7-10(16(19)20)4-5-11(12)13(17)18/h1-7,15H,14H2,(H,17,18). The quantitative estimate of drug-likeness (QED) is 0.447. The van der Waals surface area contributed by atoms with Crippen LogP contribution in [0, 0.1) is 10.1 Å². The maximum atomic E-state index is 11.1. The highest BCUT2D eigenvalue weighted by atomic mass is 16.6. The summed E-state index contributed by atoms with van der Waals surface area (Å²) in [5, 5.41) is 22.7. The van der Waals surface area contributed by atoms with Crippen molar-refractivity contribution < 1.29 is 14.8 Å². The molecule has 7 heteroatoms. The zero-order chi connectivity index (χ0) is 14.7. The summed E-state index contributed by atoms with van der Waals surface area (Å²) in [4.78, 5) is 21.3. The zero-order valence-corrected chi connectivity index (χ0v) is 10.2. The molecule has 2 aromatic carbocycles. The Morgan fingerprint density at radius 1 is 1.25 bits per heavy atom. The molecule has 0 atom stereocenters. The molecule has 0 bridgehead atoms. The number of nitrogens with zero attached hydrogens (tertiary/aromatic N) is 1. The van der Waals surface area contributed by atoms with Gasteiger partial charge in [-0.25, -0.2) is 4.79 Å². The topological polar surface area (TPSA) is 118 Å². The zero-order valence-electron chi connectivity index (χ0n) is 10.2. The summed E-state index contributed by atoms with van der Waals surface area (Å²) in [6, 6.07) is 10.2. The molecule has 2 rings (SSSR count). The van der Waals surface area contributed by atoms with Crippen molar-refractivity contribution >= 4 is 28.7 Å². The van der Waals surface area contributed by atoms with Crippen molar-refractivity contribution in [2.45, 2.75) is 0 Å². The minimum atomic E-state index is -1.17. The maximum Gasteiger partial charge on any atom is 0.337 e. The van der Waals surface area contributed by atoms with Crippen LogP contribution in [-0.4, -0.2) is 16.0 Å². The van der Waals surface area contributed by atoms with E-state index < -0.39 is 10.9 Å². The van der Waals surface area contributed by atoms with E-state index in [1.165, 1.54) is 12.1 Å². The first-order valence-electron chi connectivity index (χ1n) is 5.61. The van der Waals surface area contributed by atoms with Crippen LogP contribution in [0.1, 0.15) is 10.4 Å². The van der Waals surface area contributed by atoms with Gasteiger partial charge in [-0.15, -0.1) is 0 Å². The van der Waals surface area contributed by atoms with Crippen LogP contribution >= 0.6 is 0 Å². The molecule has 0 spiro atoms. The molecule has 102 valence electrons. The lowest BCUT2D eigenvalue weighted by Gasteiger charge is -2.10. The SMILES string of the molecule is Nc1cccc(Nc2cc([N+](=O)[O-])ccc2C(=O)O)c1. The number of nitro groups is 1. The highest BCUT2D eigenvalue weighted by Crippen LogP contribution is 2.26. The Balaban J connectivity index is 2.44. The number of aromatic carboxylic acids is 1. The van der Waals surface area contributed by atoms with Crippen molar-refractivity contribution in [3.8, 4) is 0 Å². The minimum absolute atomic E-state index is 0.0574. The number of carbonyl (C=O) groups is 1. The molecule has 0 saturated carbocycles. The molecule has 4 N–H and O–H groups in total. The summed E-state index contributed by atoms with van der Waals surface area (Å²) in [6.45, 7) is 0. The van der Waals surface area contributed by atoms with Gasteiger partial charge in [-0.1, -0.05) is 6.07 Å². The molecule has 0 aliphatic carbocycles. The van der Waals surface area contributed by atoms with Gasteiger partial charge in [-0.05, 0) is 24.3 Å². The molecule has 0 aromatic heterocycles. The number of nitrogen functional groups attached to an aromatic ring is 1. The number of nitro benzene ring substituents is 1. The first kappa shape index (κ1) is 13.3. The summed E-state index contributed by atoms with van der Waals surface area (Å²) in [7, 11) is 0. The van der Waals surface area contributed by atoms with Crippen molar-refractivity contribution in [3.05, 3.63) is 58.1 Å². The van der Waals surface area contributed by atoms with Crippen molar-refractivity contribution in [2.24, 2.45) is 0 Å². The van der Waals surface area contributed by atoms with Crippen LogP contribution in [0.25, 0.3) is 0 Å². The van der Waals surface area contributed by atoms with Crippen LogP contribution in [0.3, 0.4) is 0 Å². The second kappa shape index (κ2) is 5.27. The van der Waals surface area contributed by atoms with E-state index >= 15 is 0 Å². The Morgan fingerprint density at radius 2 is 2.00 bits per heavy atom. The van der Waals surface area contributed by atoms with Gasteiger partial charge in [-0.3, -0.25) is 10.1 Å². The van der Waals surface area contributed by atoms with Crippen molar-refractivity contribution in [2.75, 3.05) is 11.1 Å². The lowest BCUT2D eigenvalue weighted by Crippen LogP contribution is -2.04. The summed E-state index contributed by atoms with van der Waals surface area (Å²) >= 11 is 0. The van der Waals surface area contributed by atoms with Crippen LogP contribution in [0.5, 0.6) is 0 Å². The molecule has 0 aliphatic rings. The second-order valence-electron chi connectivity index (χ2n) is 4.04. The Bertz CT molecular complexity index is 685. The van der Waals surface area contributed by atoms with Crippen molar-refractivity contribution in [3.63, 3.8) is 0 Å². The third-order valence-corrected chi connectivity index (χ3v) is 2.61. The van der Waals surface area contributed by atoms with Gasteiger partial charge in [0.1, 0.15) is 0 Å². The van der Waals surface area contributed by atoms with Gasteiger partial charge in [0.05, 0.1) is 16.2 Å². The average Bonchev–Trinajstić information content (AvgIpc) is 2.38. The van der Waals surface area contributed by atoms with E-state index in [1.54, 1.807) is 24.3 Å². The van der Waals surface area contributed by atoms with Crippen LogP contribution in [0.2, 0.25) is 0 Å². The Kier molecular flexibility index (Phi) is 3.52. The average molecular weight is 273 g/mol. The molecule has 0 radical (unpaired) electrons. The number of benzene rings is 2. The van der Waals surface area contributed by atoms with Gasteiger partial charge in [0.15, 0.2) is 0 Å². The fourth-order valence-corrected chi connectivity index (χ4v) is 1.71. The van der Waals surface area contributed by atoms with E-state index in [2.05, 4.69) is 5.32 Å². The highest BCUT2D eigenvalue weighted by Gasteiger charge is 2.15. The number of hydrogen-bond acceptors (Lipinski definition) is 5. The van der Waals surface area contributed by atoms with E-state index in [-0.39, 0.29) is 16.9 Å². The minimum Gasteiger partial charge on any atom is -0.478 e. The maximum absolute atomic E-state index is 11.1. The third-order valence-electron chi connectivity index (χ3n) is 2.61. The molecule has 7 nitrogen and oxygen atoms in total. The largest absolute Gasteiger partial charge is 0.478 e. The Hall–Kier alpha value is -3.09. The van der Waals surface area contributed by atoms with E-state index in [0.29, 0.717) is 11.4 Å². The summed E-state index contributed by atoms with van der Waals surface area (Å²) < 4.78 is 0. The summed E-state index contributed by atoms with van der Waals surface area (Å²) in [6.07, 6.45) is 0. The van der Waals surface area contributed by atoms with Crippen LogP contribution < -0.4 is 11.1 Å². The lowest BCUT2D eigenvalue weighted by atomic mass is 10.1. The summed E-state index contributed by atoms with van der Waals surface area (Å²) in [5.74, 6) is -1.17. The van der Waals surface area contributed by atoms with Crippen molar-refractivity contribution in [1.82, 2.24) is 0 Å². The first-order valence-corrected chi connectivity index (χ1v) is 5.61. The van der Waals surface area contributed by atoms with Gasteiger partial charge in [0.25, 0.3) is 5.69 Å². The molecule has 20 heavy (non-hydrogen) atoms. The van der Waals surface area contributed by atoms with Crippen molar-refractivity contribution in [1.29, 1.82) is 0 Å². The fraction of sp³-hybridized carbons (Fsp3) is 0. The molecule has 0 aliphatic heterocycles. The molecule has 0 amide bonds. The van der Waals surface area contributed by atoms with E-state index in [9.17, 15) is 14.9 Å². The fourth-order valence-electron chi connectivity index (χ4n) is 1.71. The molecule has 0 saturated heterocycles. The lowest BCUT2D eigenvalue weighted by molar-refractivity contribution is -0.384. The number of nitrogens with one attached hydrogen (secondary N) is 1. The number of carboxylic acids is 1. The Labute approximate surface area is 113 Å².